The van der Waals surface area contributed by atoms with Gasteiger partial charge < -0.3 is 20.1 Å². The van der Waals surface area contributed by atoms with Crippen LogP contribution >= 0.6 is 0 Å². The number of hydrogen-bond donors (Lipinski definition) is 2. The third-order valence-corrected chi connectivity index (χ3v) is 3.64. The van der Waals surface area contributed by atoms with E-state index in [2.05, 4.69) is 10.6 Å². The highest BCUT2D eigenvalue weighted by atomic mass is 16.5. The molecular weight excluding hydrogens is 386 g/mol. The van der Waals surface area contributed by atoms with Crippen molar-refractivity contribution >= 4 is 35.2 Å². The Hall–Kier alpha value is -4.12. The molecule has 0 saturated heterocycles. The molecule has 2 N–H and O–H groups in total. The minimum Gasteiger partial charge on any atom is -0.494 e. The number of ether oxygens (including phenoxy) is 2. The third kappa shape index (κ3) is 7.13. The second-order valence-corrected chi connectivity index (χ2v) is 6.06. The van der Waals surface area contributed by atoms with E-state index < -0.39 is 18.5 Å². The Labute approximate surface area is 174 Å². The van der Waals surface area contributed by atoms with Gasteiger partial charge in [0.05, 0.1) is 6.61 Å². The lowest BCUT2D eigenvalue weighted by molar-refractivity contribution is -0.142. The van der Waals surface area contributed by atoms with Gasteiger partial charge in [0.1, 0.15) is 17.4 Å². The highest BCUT2D eigenvalue weighted by molar-refractivity contribution is 6.00. The Balaban J connectivity index is 1.93. The lowest BCUT2D eigenvalue weighted by atomic mass is 10.1. The summed E-state index contributed by atoms with van der Waals surface area (Å²) in [5.74, 6) is -1.05. The average Bonchev–Trinajstić information content (AvgIpc) is 2.71. The quantitative estimate of drug-likeness (QED) is 0.394. The minimum absolute atomic E-state index is 0.236. The second kappa shape index (κ2) is 11.0. The van der Waals surface area contributed by atoms with Crippen LogP contribution in [0.1, 0.15) is 19.4 Å². The molecular formula is C22H21N3O5. The molecule has 0 aromatic heterocycles. The summed E-state index contributed by atoms with van der Waals surface area (Å²) in [6, 6.07) is 15.1. The van der Waals surface area contributed by atoms with E-state index in [4.69, 9.17) is 9.47 Å². The monoisotopic (exact) mass is 407 g/mol. The van der Waals surface area contributed by atoms with Gasteiger partial charge in [-0.1, -0.05) is 18.2 Å². The molecule has 30 heavy (non-hydrogen) atoms. The summed E-state index contributed by atoms with van der Waals surface area (Å²) < 4.78 is 10.3. The number of carbonyl (C=O) groups excluding carboxylic acids is 3. The fourth-order valence-electron chi connectivity index (χ4n) is 2.41. The molecule has 2 aromatic carbocycles. The molecule has 0 heterocycles. The van der Waals surface area contributed by atoms with Gasteiger partial charge in [-0.15, -0.1) is 0 Å². The summed E-state index contributed by atoms with van der Waals surface area (Å²) in [4.78, 5) is 35.2. The fraction of sp³-hybridized carbons (Fsp3) is 0.182. The normalized spacial score (nSPS) is 10.5. The maximum Gasteiger partial charge on any atom is 0.349 e. The molecule has 0 atom stereocenters. The number of esters is 1. The zero-order valence-electron chi connectivity index (χ0n) is 16.6. The topological polar surface area (TPSA) is 118 Å². The molecule has 8 heteroatoms. The minimum atomic E-state index is -0.909. The zero-order valence-corrected chi connectivity index (χ0v) is 16.6. The van der Waals surface area contributed by atoms with Gasteiger partial charge in [0.2, 0.25) is 5.91 Å². The Morgan fingerprint density at radius 3 is 2.33 bits per heavy atom. The molecule has 0 aliphatic carbocycles. The summed E-state index contributed by atoms with van der Waals surface area (Å²) in [5.41, 5.74) is 1.32. The van der Waals surface area contributed by atoms with Crippen LogP contribution in [0.3, 0.4) is 0 Å². The first-order chi connectivity index (χ1) is 14.4. The van der Waals surface area contributed by atoms with Gasteiger partial charge in [0.15, 0.2) is 6.61 Å². The SMILES string of the molecule is CCOc1ccc(/C=C(\C#N)C(=O)OCC(=O)Nc2cccc(NC(C)=O)c2)cc1. The Morgan fingerprint density at radius 2 is 1.73 bits per heavy atom. The zero-order chi connectivity index (χ0) is 21.9. The molecule has 154 valence electrons. The summed E-state index contributed by atoms with van der Waals surface area (Å²) in [5, 5.41) is 14.4. The maximum atomic E-state index is 12.1. The molecule has 8 nitrogen and oxygen atoms in total. The van der Waals surface area contributed by atoms with Crippen molar-refractivity contribution in [3.8, 4) is 11.8 Å². The standard InChI is InChI=1S/C22H21N3O5/c1-3-29-20-9-7-16(8-10-20)11-17(13-23)22(28)30-14-21(27)25-19-6-4-5-18(12-19)24-15(2)26/h4-12H,3,14H2,1-2H3,(H,24,26)(H,25,27)/b17-11+. The van der Waals surface area contributed by atoms with Crippen molar-refractivity contribution in [2.24, 2.45) is 0 Å². The molecule has 2 aromatic rings. The first-order valence-corrected chi connectivity index (χ1v) is 9.10. The number of anilines is 2. The lowest BCUT2D eigenvalue weighted by Gasteiger charge is -2.08. The van der Waals surface area contributed by atoms with Crippen molar-refractivity contribution in [2.45, 2.75) is 13.8 Å². The van der Waals surface area contributed by atoms with Gasteiger partial charge in [-0.25, -0.2) is 4.79 Å². The van der Waals surface area contributed by atoms with E-state index in [0.717, 1.165) is 0 Å². The largest absolute Gasteiger partial charge is 0.494 e. The molecule has 0 unspecified atom stereocenters. The van der Waals surface area contributed by atoms with Gasteiger partial charge in [0.25, 0.3) is 5.91 Å². The molecule has 0 aliphatic rings. The number of amides is 2. The van der Waals surface area contributed by atoms with E-state index in [1.807, 2.05) is 6.92 Å². The van der Waals surface area contributed by atoms with Gasteiger partial charge in [0, 0.05) is 18.3 Å². The van der Waals surface area contributed by atoms with Crippen LogP contribution < -0.4 is 15.4 Å². The van der Waals surface area contributed by atoms with Crippen LogP contribution in [0, 0.1) is 11.3 Å². The van der Waals surface area contributed by atoms with Crippen LogP contribution in [0.4, 0.5) is 11.4 Å². The maximum absolute atomic E-state index is 12.1. The van der Waals surface area contributed by atoms with Gasteiger partial charge >= 0.3 is 5.97 Å². The molecule has 0 bridgehead atoms. The fourth-order valence-corrected chi connectivity index (χ4v) is 2.41. The Kier molecular flexibility index (Phi) is 8.15. The Morgan fingerprint density at radius 1 is 1.07 bits per heavy atom. The Bertz CT molecular complexity index is 991. The van der Waals surface area contributed by atoms with Gasteiger partial charge in [-0.05, 0) is 48.9 Å². The van der Waals surface area contributed by atoms with Gasteiger partial charge in [-0.2, -0.15) is 5.26 Å². The van der Waals surface area contributed by atoms with E-state index >= 15 is 0 Å². The molecule has 0 saturated carbocycles. The number of rotatable bonds is 8. The van der Waals surface area contributed by atoms with E-state index in [1.165, 1.54) is 13.0 Å². The highest BCUT2D eigenvalue weighted by Gasteiger charge is 2.13. The molecule has 0 radical (unpaired) electrons. The van der Waals surface area contributed by atoms with Crippen LogP contribution in [0.2, 0.25) is 0 Å². The molecule has 2 rings (SSSR count). The van der Waals surface area contributed by atoms with E-state index in [1.54, 1.807) is 54.6 Å². The predicted octanol–water partition coefficient (Wildman–Crippen LogP) is 3.13. The third-order valence-electron chi connectivity index (χ3n) is 3.64. The van der Waals surface area contributed by atoms with Crippen molar-refractivity contribution in [2.75, 3.05) is 23.8 Å². The number of benzene rings is 2. The van der Waals surface area contributed by atoms with E-state index in [9.17, 15) is 19.6 Å². The first kappa shape index (κ1) is 22.2. The van der Waals surface area contributed by atoms with Crippen molar-refractivity contribution < 1.29 is 23.9 Å². The van der Waals surface area contributed by atoms with Gasteiger partial charge in [-0.3, -0.25) is 9.59 Å². The highest BCUT2D eigenvalue weighted by Crippen LogP contribution is 2.16. The van der Waals surface area contributed by atoms with Crippen molar-refractivity contribution in [3.05, 3.63) is 59.7 Å². The number of carbonyl (C=O) groups is 3. The number of nitriles is 1. The molecule has 0 spiro atoms. The van der Waals surface area contributed by atoms with Crippen LogP contribution in [0.25, 0.3) is 6.08 Å². The lowest BCUT2D eigenvalue weighted by Crippen LogP contribution is -2.21. The van der Waals surface area contributed by atoms with Crippen LogP contribution in [-0.2, 0) is 19.1 Å². The summed E-state index contributed by atoms with van der Waals surface area (Å²) in [6.07, 6.45) is 1.37. The summed E-state index contributed by atoms with van der Waals surface area (Å²) in [7, 11) is 0. The van der Waals surface area contributed by atoms with Crippen LogP contribution in [0.15, 0.2) is 54.1 Å². The van der Waals surface area contributed by atoms with Crippen molar-refractivity contribution in [3.63, 3.8) is 0 Å². The number of nitrogens with zero attached hydrogens (tertiary/aromatic N) is 1. The van der Waals surface area contributed by atoms with Crippen molar-refractivity contribution in [1.82, 2.24) is 0 Å². The van der Waals surface area contributed by atoms with E-state index in [-0.39, 0.29) is 11.5 Å². The summed E-state index contributed by atoms with van der Waals surface area (Å²) >= 11 is 0. The molecule has 0 aliphatic heterocycles. The van der Waals surface area contributed by atoms with Crippen LogP contribution in [0.5, 0.6) is 5.75 Å². The van der Waals surface area contributed by atoms with Crippen molar-refractivity contribution in [1.29, 1.82) is 5.26 Å². The first-order valence-electron chi connectivity index (χ1n) is 9.10. The number of hydrogen-bond acceptors (Lipinski definition) is 6. The predicted molar refractivity (Wildman–Crippen MR) is 112 cm³/mol. The second-order valence-electron chi connectivity index (χ2n) is 6.06. The molecule has 0 fully saturated rings. The van der Waals surface area contributed by atoms with E-state index in [0.29, 0.717) is 29.3 Å². The average molecular weight is 407 g/mol. The van der Waals surface area contributed by atoms with Crippen LogP contribution in [-0.4, -0.2) is 31.0 Å². The molecule has 2 amide bonds. The smallest absolute Gasteiger partial charge is 0.349 e. The number of nitrogens with one attached hydrogen (secondary N) is 2. The summed E-state index contributed by atoms with van der Waals surface area (Å²) in [6.45, 7) is 3.21.